The van der Waals surface area contributed by atoms with Crippen molar-refractivity contribution in [2.24, 2.45) is 0 Å². The van der Waals surface area contributed by atoms with Crippen molar-refractivity contribution in [3.05, 3.63) is 39.4 Å². The molecule has 0 aliphatic carbocycles. The van der Waals surface area contributed by atoms with Crippen molar-refractivity contribution in [3.63, 3.8) is 0 Å². The van der Waals surface area contributed by atoms with Gasteiger partial charge in [0.15, 0.2) is 0 Å². The third kappa shape index (κ3) is 4.52. The van der Waals surface area contributed by atoms with Gasteiger partial charge in [0.05, 0.1) is 10.3 Å². The minimum atomic E-state index is -0.557. The Bertz CT molecular complexity index is 477. The average Bonchev–Trinajstić information content (AvgIpc) is 2.35. The van der Waals surface area contributed by atoms with Crippen molar-refractivity contribution in [2.75, 3.05) is 6.54 Å². The highest BCUT2D eigenvalue weighted by Gasteiger charge is 2.20. The van der Waals surface area contributed by atoms with Crippen LogP contribution in [0.1, 0.15) is 35.7 Å². The summed E-state index contributed by atoms with van der Waals surface area (Å²) in [5.74, 6) is -0.461. The van der Waals surface area contributed by atoms with Gasteiger partial charge in [0, 0.05) is 12.6 Å². The van der Waals surface area contributed by atoms with E-state index in [4.69, 9.17) is 11.6 Å². The van der Waals surface area contributed by atoms with Crippen LogP contribution >= 0.6 is 11.6 Å². The van der Waals surface area contributed by atoms with Gasteiger partial charge in [-0.3, -0.25) is 14.9 Å². The van der Waals surface area contributed by atoms with Crippen LogP contribution in [0.4, 0.5) is 5.69 Å². The fraction of sp³-hybridized carbons (Fsp3) is 0.462. The maximum atomic E-state index is 12.0. The van der Waals surface area contributed by atoms with E-state index in [0.29, 0.717) is 6.54 Å². The lowest BCUT2D eigenvalue weighted by Gasteiger charge is -2.10. The molecule has 6 heteroatoms. The number of nitro groups is 1. The summed E-state index contributed by atoms with van der Waals surface area (Å²) in [5, 5.41) is 13.4. The highest BCUT2D eigenvalue weighted by atomic mass is 35.5. The van der Waals surface area contributed by atoms with E-state index in [2.05, 4.69) is 5.32 Å². The lowest BCUT2D eigenvalue weighted by atomic mass is 10.1. The number of nitrogens with zero attached hydrogens (tertiary/aromatic N) is 1. The quantitative estimate of drug-likeness (QED) is 0.496. The predicted octanol–water partition coefficient (Wildman–Crippen LogP) is 3.04. The lowest BCUT2D eigenvalue weighted by Crippen LogP contribution is -2.30. The highest BCUT2D eigenvalue weighted by Crippen LogP contribution is 2.19. The fourth-order valence-corrected chi connectivity index (χ4v) is 2.00. The minimum absolute atomic E-state index is 0.0744. The maximum absolute atomic E-state index is 12.0. The molecular weight excluding hydrogens is 268 g/mol. The maximum Gasteiger partial charge on any atom is 0.282 e. The van der Waals surface area contributed by atoms with Crippen molar-refractivity contribution in [1.82, 2.24) is 5.32 Å². The number of carbonyl (C=O) groups is 1. The van der Waals surface area contributed by atoms with E-state index in [1.54, 1.807) is 13.0 Å². The van der Waals surface area contributed by atoms with Gasteiger partial charge in [-0.2, -0.15) is 0 Å². The zero-order valence-corrected chi connectivity index (χ0v) is 11.7. The van der Waals surface area contributed by atoms with Crippen LogP contribution in [0, 0.1) is 17.0 Å². The molecule has 0 fully saturated rings. The molecule has 0 heterocycles. The number of rotatable bonds is 6. The van der Waals surface area contributed by atoms with E-state index in [1.165, 1.54) is 12.1 Å². The van der Waals surface area contributed by atoms with Crippen LogP contribution in [0.25, 0.3) is 0 Å². The van der Waals surface area contributed by atoms with Crippen LogP contribution in [0.5, 0.6) is 0 Å². The summed E-state index contributed by atoms with van der Waals surface area (Å²) < 4.78 is 0. The Hall–Kier alpha value is -1.62. The summed E-state index contributed by atoms with van der Waals surface area (Å²) in [6.45, 7) is 4.09. The van der Waals surface area contributed by atoms with Crippen molar-refractivity contribution in [2.45, 2.75) is 32.1 Å². The number of carbonyl (C=O) groups excluding carboxylic acids is 1. The monoisotopic (exact) mass is 284 g/mol. The molecule has 0 aliphatic heterocycles. The number of nitro benzene ring substituents is 1. The Morgan fingerprint density at radius 3 is 2.79 bits per heavy atom. The number of benzene rings is 1. The van der Waals surface area contributed by atoms with E-state index in [0.717, 1.165) is 18.4 Å². The van der Waals surface area contributed by atoms with E-state index < -0.39 is 10.8 Å². The second-order valence-corrected chi connectivity index (χ2v) is 4.99. The SMILES string of the molecule is CCCC(Cl)CNC(=O)c1cc(C)ccc1[N+](=O)[O-]. The molecule has 0 radical (unpaired) electrons. The zero-order chi connectivity index (χ0) is 14.4. The molecule has 0 bridgehead atoms. The lowest BCUT2D eigenvalue weighted by molar-refractivity contribution is -0.385. The van der Waals surface area contributed by atoms with Crippen LogP contribution in [-0.2, 0) is 0 Å². The third-order valence-corrected chi connectivity index (χ3v) is 3.05. The van der Waals surface area contributed by atoms with Gasteiger partial charge >= 0.3 is 0 Å². The van der Waals surface area contributed by atoms with Crippen molar-refractivity contribution in [1.29, 1.82) is 0 Å². The average molecular weight is 285 g/mol. The molecule has 1 rings (SSSR count). The van der Waals surface area contributed by atoms with Gasteiger partial charge in [0.1, 0.15) is 5.56 Å². The first kappa shape index (κ1) is 15.4. The van der Waals surface area contributed by atoms with Gasteiger partial charge in [0.25, 0.3) is 11.6 Å². The molecule has 1 N–H and O–H groups in total. The summed E-state index contributed by atoms with van der Waals surface area (Å²) in [4.78, 5) is 22.3. The Kier molecular flexibility index (Phi) is 5.76. The summed E-state index contributed by atoms with van der Waals surface area (Å²) >= 11 is 6.00. The first-order valence-corrected chi connectivity index (χ1v) is 6.56. The Morgan fingerprint density at radius 2 is 2.21 bits per heavy atom. The molecule has 19 heavy (non-hydrogen) atoms. The van der Waals surface area contributed by atoms with E-state index >= 15 is 0 Å². The number of hydrogen-bond acceptors (Lipinski definition) is 3. The van der Waals surface area contributed by atoms with Gasteiger partial charge < -0.3 is 5.32 Å². The van der Waals surface area contributed by atoms with Gasteiger partial charge in [-0.15, -0.1) is 11.6 Å². The topological polar surface area (TPSA) is 72.2 Å². The summed E-state index contributed by atoms with van der Waals surface area (Å²) in [6, 6.07) is 4.46. The molecule has 0 saturated heterocycles. The van der Waals surface area contributed by atoms with Crippen LogP contribution in [-0.4, -0.2) is 22.8 Å². The first-order chi connectivity index (χ1) is 8.95. The summed E-state index contributed by atoms with van der Waals surface area (Å²) in [7, 11) is 0. The van der Waals surface area contributed by atoms with Gasteiger partial charge in [-0.25, -0.2) is 0 Å². The number of alkyl halides is 1. The normalized spacial score (nSPS) is 11.9. The predicted molar refractivity (Wildman–Crippen MR) is 74.7 cm³/mol. The second-order valence-electron chi connectivity index (χ2n) is 4.37. The smallest absolute Gasteiger partial charge is 0.282 e. The van der Waals surface area contributed by atoms with E-state index in [1.807, 2.05) is 6.92 Å². The molecule has 1 amide bonds. The fourth-order valence-electron chi connectivity index (χ4n) is 1.70. The molecule has 0 aliphatic rings. The molecule has 0 aromatic heterocycles. The van der Waals surface area contributed by atoms with Crippen LogP contribution in [0.2, 0.25) is 0 Å². The van der Waals surface area contributed by atoms with E-state index in [9.17, 15) is 14.9 Å². The van der Waals surface area contributed by atoms with Gasteiger partial charge in [-0.1, -0.05) is 19.4 Å². The van der Waals surface area contributed by atoms with Crippen molar-refractivity contribution in [3.8, 4) is 0 Å². The van der Waals surface area contributed by atoms with Crippen LogP contribution < -0.4 is 5.32 Å². The number of aryl methyl sites for hydroxylation is 1. The molecule has 1 unspecified atom stereocenters. The van der Waals surface area contributed by atoms with Gasteiger partial charge in [0.2, 0.25) is 0 Å². The number of nitrogens with one attached hydrogen (secondary N) is 1. The Morgan fingerprint density at radius 1 is 1.53 bits per heavy atom. The molecule has 0 saturated carbocycles. The van der Waals surface area contributed by atoms with E-state index in [-0.39, 0.29) is 16.6 Å². The minimum Gasteiger partial charge on any atom is -0.350 e. The standard InChI is InChI=1S/C13H17ClN2O3/c1-3-4-10(14)8-15-13(17)11-7-9(2)5-6-12(11)16(18)19/h5-7,10H,3-4,8H2,1-2H3,(H,15,17). The molecule has 5 nitrogen and oxygen atoms in total. The Labute approximate surface area is 117 Å². The zero-order valence-electron chi connectivity index (χ0n) is 11.0. The number of hydrogen-bond donors (Lipinski definition) is 1. The van der Waals surface area contributed by atoms with Gasteiger partial charge in [-0.05, 0) is 25.0 Å². The van der Waals surface area contributed by atoms with Crippen molar-refractivity contribution < 1.29 is 9.72 Å². The molecule has 1 atom stereocenters. The molecular formula is C13H17ClN2O3. The Balaban J connectivity index is 2.81. The highest BCUT2D eigenvalue weighted by molar-refractivity contribution is 6.21. The largest absolute Gasteiger partial charge is 0.350 e. The third-order valence-electron chi connectivity index (χ3n) is 2.68. The van der Waals surface area contributed by atoms with Crippen LogP contribution in [0.15, 0.2) is 18.2 Å². The van der Waals surface area contributed by atoms with Crippen LogP contribution in [0.3, 0.4) is 0 Å². The molecule has 0 spiro atoms. The summed E-state index contributed by atoms with van der Waals surface area (Å²) in [5.41, 5.74) is 0.682. The first-order valence-electron chi connectivity index (χ1n) is 6.13. The summed E-state index contributed by atoms with van der Waals surface area (Å²) in [6.07, 6.45) is 1.71. The van der Waals surface area contributed by atoms with Crippen molar-refractivity contribution >= 4 is 23.2 Å². The molecule has 1 aromatic carbocycles. The molecule has 104 valence electrons. The second kappa shape index (κ2) is 7.09. The number of halogens is 1. The number of amides is 1. The molecule has 1 aromatic rings.